The van der Waals surface area contributed by atoms with Gasteiger partial charge in [0.25, 0.3) is 0 Å². The topological polar surface area (TPSA) is 75.2 Å². The highest BCUT2D eigenvalue weighted by atomic mass is 32.1. The van der Waals surface area contributed by atoms with Gasteiger partial charge < -0.3 is 10.2 Å². The molecule has 6 nitrogen and oxygen atoms in total. The zero-order valence-electron chi connectivity index (χ0n) is 14.9. The number of pyridine rings is 1. The first-order chi connectivity index (χ1) is 12.5. The predicted octanol–water partition coefficient (Wildman–Crippen LogP) is 3.05. The molecule has 7 heteroatoms. The molecule has 2 aromatic heterocycles. The molecule has 3 heterocycles. The molecular weight excluding hydrogens is 348 g/mol. The van der Waals surface area contributed by atoms with Crippen molar-refractivity contribution in [2.45, 2.75) is 26.7 Å². The van der Waals surface area contributed by atoms with Gasteiger partial charge in [-0.15, -0.1) is 11.3 Å². The van der Waals surface area contributed by atoms with Gasteiger partial charge >= 0.3 is 0 Å². The van der Waals surface area contributed by atoms with Crippen molar-refractivity contribution >= 4 is 35.0 Å². The minimum Gasteiger partial charge on any atom is -0.339 e. The van der Waals surface area contributed by atoms with Crippen LogP contribution < -0.4 is 5.32 Å². The minimum absolute atomic E-state index is 0.0260. The van der Waals surface area contributed by atoms with E-state index in [1.165, 1.54) is 0 Å². The highest BCUT2D eigenvalue weighted by Crippen LogP contribution is 2.20. The minimum atomic E-state index is -0.0904. The Balaban J connectivity index is 1.48. The highest BCUT2D eigenvalue weighted by molar-refractivity contribution is 7.09. The molecule has 0 bridgehead atoms. The Labute approximate surface area is 157 Å². The molecule has 2 amide bonds. The van der Waals surface area contributed by atoms with Crippen LogP contribution in [0.5, 0.6) is 0 Å². The summed E-state index contributed by atoms with van der Waals surface area (Å²) in [6.45, 7) is 5.05. The third-order valence-corrected chi connectivity index (χ3v) is 5.17. The Kier molecular flexibility index (Phi) is 5.78. The number of nitrogens with one attached hydrogen (secondary N) is 1. The Hall–Kier alpha value is -2.54. The summed E-state index contributed by atoms with van der Waals surface area (Å²) in [5, 5.41) is 5.76. The van der Waals surface area contributed by atoms with Crippen LogP contribution in [0.4, 0.5) is 5.82 Å². The lowest BCUT2D eigenvalue weighted by Crippen LogP contribution is -2.40. The van der Waals surface area contributed by atoms with E-state index in [4.69, 9.17) is 0 Å². The maximum absolute atomic E-state index is 12.4. The van der Waals surface area contributed by atoms with Crippen LogP contribution in [0.2, 0.25) is 0 Å². The first kappa shape index (κ1) is 18.3. The van der Waals surface area contributed by atoms with Crippen molar-refractivity contribution in [1.82, 2.24) is 14.9 Å². The number of nitrogens with zero attached hydrogens (tertiary/aromatic N) is 3. The van der Waals surface area contributed by atoms with E-state index in [-0.39, 0.29) is 17.7 Å². The summed E-state index contributed by atoms with van der Waals surface area (Å²) in [6, 6.07) is 3.72. The van der Waals surface area contributed by atoms with Gasteiger partial charge in [-0.1, -0.05) is 6.07 Å². The fraction of sp³-hybridized carbons (Fsp3) is 0.368. The summed E-state index contributed by atoms with van der Waals surface area (Å²) in [4.78, 5) is 34.9. The van der Waals surface area contributed by atoms with E-state index in [1.807, 2.05) is 25.3 Å². The number of piperidine rings is 1. The molecule has 136 valence electrons. The Morgan fingerprint density at radius 2 is 2.04 bits per heavy atom. The highest BCUT2D eigenvalue weighted by Gasteiger charge is 2.26. The van der Waals surface area contributed by atoms with Gasteiger partial charge in [0.05, 0.1) is 10.7 Å². The first-order valence-electron chi connectivity index (χ1n) is 8.64. The van der Waals surface area contributed by atoms with Crippen LogP contribution in [0.25, 0.3) is 6.08 Å². The molecule has 1 N–H and O–H groups in total. The summed E-state index contributed by atoms with van der Waals surface area (Å²) < 4.78 is 0. The van der Waals surface area contributed by atoms with Crippen LogP contribution in [-0.2, 0) is 9.59 Å². The van der Waals surface area contributed by atoms with E-state index in [9.17, 15) is 9.59 Å². The summed E-state index contributed by atoms with van der Waals surface area (Å²) in [5.41, 5.74) is 1.86. The van der Waals surface area contributed by atoms with Crippen LogP contribution >= 0.6 is 11.3 Å². The molecule has 1 aliphatic rings. The lowest BCUT2D eigenvalue weighted by molar-refractivity contribution is -0.130. The summed E-state index contributed by atoms with van der Waals surface area (Å²) in [5.74, 6) is 0.421. The molecule has 0 saturated carbocycles. The number of rotatable bonds is 4. The average molecular weight is 370 g/mol. The second-order valence-electron chi connectivity index (χ2n) is 6.43. The SMILES string of the molecule is Cc1ccc(NC(=O)C2CCN(C(=O)/C=C/c3csc(C)n3)CC2)nc1. The second kappa shape index (κ2) is 8.23. The molecule has 0 atom stereocenters. The van der Waals surface area contributed by atoms with Crippen LogP contribution in [0.3, 0.4) is 0 Å². The molecule has 3 rings (SSSR count). The van der Waals surface area contributed by atoms with Gasteiger partial charge in [0.15, 0.2) is 0 Å². The monoisotopic (exact) mass is 370 g/mol. The maximum Gasteiger partial charge on any atom is 0.246 e. The molecule has 0 aromatic carbocycles. The van der Waals surface area contributed by atoms with E-state index in [0.717, 1.165) is 16.3 Å². The van der Waals surface area contributed by atoms with Gasteiger partial charge in [-0.05, 0) is 44.4 Å². The van der Waals surface area contributed by atoms with E-state index in [2.05, 4.69) is 15.3 Å². The summed E-state index contributed by atoms with van der Waals surface area (Å²) in [6.07, 6.45) is 6.35. The molecule has 1 aliphatic heterocycles. The lowest BCUT2D eigenvalue weighted by atomic mass is 9.96. The average Bonchev–Trinajstić information content (AvgIpc) is 3.07. The molecular formula is C19H22N4O2S. The normalized spacial score (nSPS) is 15.4. The van der Waals surface area contributed by atoms with Crippen molar-refractivity contribution in [3.05, 3.63) is 46.1 Å². The number of anilines is 1. The predicted molar refractivity (Wildman–Crippen MR) is 103 cm³/mol. The molecule has 0 unspecified atom stereocenters. The first-order valence-corrected chi connectivity index (χ1v) is 9.52. The van der Waals surface area contributed by atoms with Crippen molar-refractivity contribution in [3.63, 3.8) is 0 Å². The lowest BCUT2D eigenvalue weighted by Gasteiger charge is -2.30. The Bertz CT molecular complexity index is 805. The molecule has 0 radical (unpaired) electrons. The number of hydrogen-bond acceptors (Lipinski definition) is 5. The molecule has 2 aromatic rings. The summed E-state index contributed by atoms with van der Waals surface area (Å²) >= 11 is 1.56. The van der Waals surface area contributed by atoms with Crippen LogP contribution in [0.15, 0.2) is 29.8 Å². The zero-order valence-corrected chi connectivity index (χ0v) is 15.8. The standard InChI is InChI=1S/C19H22N4O2S/c1-13-3-5-17(20-11-13)22-19(25)15-7-9-23(10-8-15)18(24)6-4-16-12-26-14(2)21-16/h3-6,11-12,15H,7-10H2,1-2H3,(H,20,22,25)/b6-4+. The van der Waals surface area contributed by atoms with Gasteiger partial charge in [-0.2, -0.15) is 0 Å². The Morgan fingerprint density at radius 1 is 1.27 bits per heavy atom. The van der Waals surface area contributed by atoms with E-state index in [1.54, 1.807) is 40.7 Å². The maximum atomic E-state index is 12.4. The van der Waals surface area contributed by atoms with Gasteiger partial charge in [0.2, 0.25) is 11.8 Å². The van der Waals surface area contributed by atoms with Gasteiger partial charge in [0.1, 0.15) is 5.82 Å². The molecule has 1 fully saturated rings. The van der Waals surface area contributed by atoms with E-state index < -0.39 is 0 Å². The van der Waals surface area contributed by atoms with Crippen LogP contribution in [0.1, 0.15) is 29.1 Å². The smallest absolute Gasteiger partial charge is 0.246 e. The molecule has 0 aliphatic carbocycles. The van der Waals surface area contributed by atoms with Gasteiger partial charge in [-0.25, -0.2) is 9.97 Å². The molecule has 26 heavy (non-hydrogen) atoms. The van der Waals surface area contributed by atoms with Crippen molar-refractivity contribution in [2.24, 2.45) is 5.92 Å². The third-order valence-electron chi connectivity index (χ3n) is 4.37. The fourth-order valence-electron chi connectivity index (χ4n) is 2.85. The number of amides is 2. The van der Waals surface area contributed by atoms with Crippen LogP contribution in [0, 0.1) is 19.8 Å². The van der Waals surface area contributed by atoms with Crippen molar-refractivity contribution in [1.29, 1.82) is 0 Å². The number of thiazole rings is 1. The molecule has 0 spiro atoms. The fourth-order valence-corrected chi connectivity index (χ4v) is 3.43. The van der Waals surface area contributed by atoms with Crippen molar-refractivity contribution in [2.75, 3.05) is 18.4 Å². The Morgan fingerprint density at radius 3 is 2.65 bits per heavy atom. The number of hydrogen-bond donors (Lipinski definition) is 1. The number of carbonyl (C=O) groups excluding carboxylic acids is 2. The second-order valence-corrected chi connectivity index (χ2v) is 7.50. The van der Waals surface area contributed by atoms with Crippen LogP contribution in [-0.4, -0.2) is 39.8 Å². The molecule has 1 saturated heterocycles. The van der Waals surface area contributed by atoms with Gasteiger partial charge in [0, 0.05) is 36.7 Å². The van der Waals surface area contributed by atoms with E-state index in [0.29, 0.717) is 31.7 Å². The number of aryl methyl sites for hydroxylation is 2. The zero-order chi connectivity index (χ0) is 18.5. The van der Waals surface area contributed by atoms with Crippen molar-refractivity contribution < 1.29 is 9.59 Å². The quantitative estimate of drug-likeness (QED) is 0.840. The van der Waals surface area contributed by atoms with Crippen molar-refractivity contribution in [3.8, 4) is 0 Å². The largest absolute Gasteiger partial charge is 0.339 e. The number of aromatic nitrogens is 2. The summed E-state index contributed by atoms with van der Waals surface area (Å²) in [7, 11) is 0. The number of likely N-dealkylation sites (tertiary alicyclic amines) is 1. The van der Waals surface area contributed by atoms with Gasteiger partial charge in [-0.3, -0.25) is 9.59 Å². The third kappa shape index (κ3) is 4.76. The number of carbonyl (C=O) groups is 2. The van der Waals surface area contributed by atoms with E-state index >= 15 is 0 Å².